The van der Waals surface area contributed by atoms with Crippen molar-refractivity contribution in [1.29, 1.82) is 0 Å². The van der Waals surface area contributed by atoms with Crippen molar-refractivity contribution in [2.45, 2.75) is 64.0 Å². The number of hydrogen-bond acceptors (Lipinski definition) is 2. The van der Waals surface area contributed by atoms with Crippen LogP contribution < -0.4 is 24.8 Å². The standard InChI is InChI=1S/C29H40O2Si2.2ClH.Zr/c1-32(2,3)30-21-19-29(20-22-31-33(4,5)6,27-17-15-23-11-7-9-13-25(23)27)28-18-16-24-12-8-10-14-26(24)28;;;/h7-18,27-28H,19-22H2,1-6H3;2*1H;/q;;;+2/p-2. The Kier molecular flexibility index (Phi) is 12.8. The monoisotopic (exact) mass is 636 g/mol. The first-order chi connectivity index (χ1) is 15.6. The van der Waals surface area contributed by atoms with Gasteiger partial charge in [-0.3, -0.25) is 0 Å². The topological polar surface area (TPSA) is 18.5 Å². The van der Waals surface area contributed by atoms with E-state index in [9.17, 15) is 0 Å². The Bertz CT molecular complexity index is 961. The zero-order chi connectivity index (χ0) is 23.7. The summed E-state index contributed by atoms with van der Waals surface area (Å²) < 4.78 is 13.0. The maximum absolute atomic E-state index is 6.49. The Morgan fingerprint density at radius 3 is 1.36 bits per heavy atom. The summed E-state index contributed by atoms with van der Waals surface area (Å²) in [6.45, 7) is 15.4. The molecule has 0 spiro atoms. The molecule has 0 radical (unpaired) electrons. The third-order valence-electron chi connectivity index (χ3n) is 7.04. The molecule has 0 aliphatic heterocycles. The number of halogens is 2. The fraction of sp³-hybridized carbons (Fsp3) is 0.448. The Morgan fingerprint density at radius 1 is 0.639 bits per heavy atom. The van der Waals surface area contributed by atoms with Crippen molar-refractivity contribution in [3.05, 3.63) is 82.9 Å². The number of hydrogen-bond donors (Lipinski definition) is 0. The molecular formula is C29H40Cl2O2Si2Zr. The van der Waals surface area contributed by atoms with Gasteiger partial charge in [0.1, 0.15) is 0 Å². The zero-order valence-corrected chi connectivity index (χ0v) is 28.5. The van der Waals surface area contributed by atoms with Gasteiger partial charge in [-0.25, -0.2) is 0 Å². The minimum atomic E-state index is -1.60. The van der Waals surface area contributed by atoms with Crippen molar-refractivity contribution >= 4 is 28.8 Å². The summed E-state index contributed by atoms with van der Waals surface area (Å²) in [6.07, 6.45) is 11.6. The number of rotatable bonds is 10. The van der Waals surface area contributed by atoms with Crippen LogP contribution in [0.15, 0.2) is 60.7 Å². The number of benzene rings is 2. The molecule has 0 saturated carbocycles. The van der Waals surface area contributed by atoms with Crippen molar-refractivity contribution < 1.29 is 59.9 Å². The molecule has 0 amide bonds. The maximum atomic E-state index is 6.49. The Labute approximate surface area is 252 Å². The molecule has 2 atom stereocenters. The molecule has 0 bridgehead atoms. The van der Waals surface area contributed by atoms with E-state index in [1.54, 1.807) is 0 Å². The third-order valence-corrected chi connectivity index (χ3v) is 9.18. The van der Waals surface area contributed by atoms with Gasteiger partial charge in [-0.15, -0.1) is 0 Å². The molecule has 2 aromatic rings. The average molecular weight is 639 g/mol. The molecule has 0 N–H and O–H groups in total. The van der Waals surface area contributed by atoms with Crippen molar-refractivity contribution in [3.63, 3.8) is 0 Å². The molecule has 4 rings (SSSR count). The molecule has 2 aromatic carbocycles. The molecule has 194 valence electrons. The summed E-state index contributed by atoms with van der Waals surface area (Å²) in [4.78, 5) is 0. The molecule has 0 heterocycles. The van der Waals surface area contributed by atoms with E-state index in [2.05, 4.69) is 112 Å². The minimum Gasteiger partial charge on any atom is -1.00 e. The molecule has 0 saturated heterocycles. The first-order valence-corrected chi connectivity index (χ1v) is 19.2. The van der Waals surface area contributed by atoms with Gasteiger partial charge in [-0.2, -0.15) is 0 Å². The summed E-state index contributed by atoms with van der Waals surface area (Å²) >= 11 is 0. The second-order valence-electron chi connectivity index (χ2n) is 11.6. The molecule has 2 aliphatic carbocycles. The molecular weight excluding hydrogens is 599 g/mol. The average Bonchev–Trinajstić information content (AvgIpc) is 3.36. The summed E-state index contributed by atoms with van der Waals surface area (Å²) in [5.41, 5.74) is 5.64. The summed E-state index contributed by atoms with van der Waals surface area (Å²) in [6, 6.07) is 17.9. The van der Waals surface area contributed by atoms with Crippen LogP contribution in [0.2, 0.25) is 39.3 Å². The van der Waals surface area contributed by atoms with E-state index in [1.807, 2.05) is 0 Å². The number of fused-ring (bicyclic) bond motifs is 2. The van der Waals surface area contributed by atoms with Crippen LogP contribution in [-0.4, -0.2) is 29.8 Å². The number of allylic oxidation sites excluding steroid dienone is 2. The van der Waals surface area contributed by atoms with E-state index in [4.69, 9.17) is 8.85 Å². The van der Waals surface area contributed by atoms with Crippen LogP contribution in [0, 0.1) is 5.41 Å². The second-order valence-corrected chi connectivity index (χ2v) is 20.6. The zero-order valence-electron chi connectivity index (χ0n) is 22.5. The van der Waals surface area contributed by atoms with Crippen LogP contribution in [0.25, 0.3) is 12.2 Å². The first kappa shape index (κ1) is 33.8. The van der Waals surface area contributed by atoms with Gasteiger partial charge in [0, 0.05) is 25.0 Å². The van der Waals surface area contributed by atoms with Crippen molar-refractivity contribution in [2.75, 3.05) is 13.2 Å². The second kappa shape index (κ2) is 13.7. The Morgan fingerprint density at radius 2 is 1.00 bits per heavy atom. The quantitative estimate of drug-likeness (QED) is 0.372. The van der Waals surface area contributed by atoms with E-state index in [0.29, 0.717) is 11.8 Å². The minimum absolute atomic E-state index is 0. The van der Waals surface area contributed by atoms with Crippen molar-refractivity contribution in [2.24, 2.45) is 5.41 Å². The maximum Gasteiger partial charge on any atom is 2.00 e. The fourth-order valence-electron chi connectivity index (χ4n) is 5.54. The van der Waals surface area contributed by atoms with Crippen LogP contribution in [0.4, 0.5) is 0 Å². The van der Waals surface area contributed by atoms with E-state index in [-0.39, 0.29) is 56.4 Å². The van der Waals surface area contributed by atoms with Crippen LogP contribution in [0.5, 0.6) is 0 Å². The largest absolute Gasteiger partial charge is 2.00 e. The molecule has 2 aliphatic rings. The van der Waals surface area contributed by atoms with Gasteiger partial charge >= 0.3 is 26.2 Å². The predicted octanol–water partition coefficient (Wildman–Crippen LogP) is 2.08. The summed E-state index contributed by atoms with van der Waals surface area (Å²) in [7, 11) is -3.20. The third kappa shape index (κ3) is 7.88. The smallest absolute Gasteiger partial charge is 1.00 e. The Balaban J connectivity index is 0.00000216. The fourth-order valence-corrected chi connectivity index (χ4v) is 6.97. The summed E-state index contributed by atoms with van der Waals surface area (Å²) in [5.74, 6) is 0.704. The van der Waals surface area contributed by atoms with E-state index >= 15 is 0 Å². The SMILES string of the molecule is C[Si](C)(C)OCCC(CCO[Si](C)(C)C)(C1C=Cc2ccccc21)C1C=Cc2ccccc21.[Cl-].[Cl-].[Zr+2]. The van der Waals surface area contributed by atoms with E-state index < -0.39 is 16.6 Å². The Hall–Kier alpha value is -0.263. The van der Waals surface area contributed by atoms with Gasteiger partial charge in [-0.05, 0) is 79.8 Å². The van der Waals surface area contributed by atoms with Gasteiger partial charge in [0.2, 0.25) is 0 Å². The molecule has 2 unspecified atom stereocenters. The molecule has 36 heavy (non-hydrogen) atoms. The van der Waals surface area contributed by atoms with Gasteiger partial charge in [0.25, 0.3) is 0 Å². The first-order valence-electron chi connectivity index (χ1n) is 12.4. The molecule has 2 nitrogen and oxygen atoms in total. The van der Waals surface area contributed by atoms with Crippen LogP contribution in [0.1, 0.15) is 46.9 Å². The van der Waals surface area contributed by atoms with E-state index in [1.165, 1.54) is 22.3 Å². The molecule has 0 fully saturated rings. The predicted molar refractivity (Wildman–Crippen MR) is 147 cm³/mol. The summed E-state index contributed by atoms with van der Waals surface area (Å²) in [5, 5.41) is 0. The van der Waals surface area contributed by atoms with Crippen LogP contribution in [0.3, 0.4) is 0 Å². The molecule has 7 heteroatoms. The van der Waals surface area contributed by atoms with Gasteiger partial charge in [-0.1, -0.05) is 72.8 Å². The van der Waals surface area contributed by atoms with Gasteiger partial charge in [0.05, 0.1) is 0 Å². The van der Waals surface area contributed by atoms with Crippen molar-refractivity contribution in [3.8, 4) is 0 Å². The van der Waals surface area contributed by atoms with Crippen LogP contribution >= 0.6 is 0 Å². The van der Waals surface area contributed by atoms with Crippen molar-refractivity contribution in [1.82, 2.24) is 0 Å². The van der Waals surface area contributed by atoms with Gasteiger partial charge < -0.3 is 33.7 Å². The van der Waals surface area contributed by atoms with E-state index in [0.717, 1.165) is 26.1 Å². The molecule has 0 aromatic heterocycles. The van der Waals surface area contributed by atoms with Crippen LogP contribution in [-0.2, 0) is 35.1 Å². The van der Waals surface area contributed by atoms with Gasteiger partial charge in [0.15, 0.2) is 16.6 Å². The normalized spacial score (nSPS) is 18.1.